The molecule has 0 spiro atoms. The maximum atomic E-state index is 12.4. The SMILES string of the molecule is CS(=O)(=O)c1ccc(Br)c(C(=O)N2CCC(C(=O)O)C2)c1.Cl. The van der Waals surface area contributed by atoms with Gasteiger partial charge in [0.1, 0.15) is 0 Å². The summed E-state index contributed by atoms with van der Waals surface area (Å²) >= 11 is 3.23. The van der Waals surface area contributed by atoms with Crippen molar-refractivity contribution in [2.24, 2.45) is 5.92 Å². The molecule has 0 radical (unpaired) electrons. The van der Waals surface area contributed by atoms with Crippen molar-refractivity contribution in [2.75, 3.05) is 19.3 Å². The summed E-state index contributed by atoms with van der Waals surface area (Å²) in [4.78, 5) is 24.8. The number of carbonyl (C=O) groups excluding carboxylic acids is 1. The van der Waals surface area contributed by atoms with Gasteiger partial charge in [-0.2, -0.15) is 0 Å². The number of amides is 1. The van der Waals surface area contributed by atoms with Crippen LogP contribution in [0.1, 0.15) is 16.8 Å². The lowest BCUT2D eigenvalue weighted by molar-refractivity contribution is -0.141. The minimum absolute atomic E-state index is 0. The predicted octanol–water partition coefficient (Wildman–Crippen LogP) is 1.82. The fourth-order valence-corrected chi connectivity index (χ4v) is 3.28. The first-order chi connectivity index (χ1) is 9.70. The van der Waals surface area contributed by atoms with Crippen LogP contribution >= 0.6 is 28.3 Å². The number of aliphatic carboxylic acids is 1. The summed E-state index contributed by atoms with van der Waals surface area (Å²) in [6.45, 7) is 0.495. The molecule has 1 aliphatic rings. The van der Waals surface area contributed by atoms with E-state index in [0.29, 0.717) is 17.4 Å². The Labute approximate surface area is 143 Å². The zero-order chi connectivity index (χ0) is 15.8. The highest BCUT2D eigenvalue weighted by atomic mass is 79.9. The van der Waals surface area contributed by atoms with E-state index in [2.05, 4.69) is 15.9 Å². The number of hydrogen-bond donors (Lipinski definition) is 1. The standard InChI is InChI=1S/C13H14BrNO5S.ClH/c1-21(19,20)9-2-3-11(14)10(6-9)12(16)15-5-4-8(7-15)13(17)18;/h2-3,6,8H,4-5,7H2,1H3,(H,17,18);1H. The van der Waals surface area contributed by atoms with E-state index in [-0.39, 0.29) is 35.3 Å². The third-order valence-corrected chi connectivity index (χ3v) is 5.22. The first kappa shape index (κ1) is 18.9. The molecule has 0 bridgehead atoms. The molecule has 1 aromatic carbocycles. The molecule has 6 nitrogen and oxygen atoms in total. The van der Waals surface area contributed by atoms with Crippen molar-refractivity contribution in [1.29, 1.82) is 0 Å². The molecule has 9 heteroatoms. The molecular weight excluding hydrogens is 398 g/mol. The molecule has 0 saturated carbocycles. The average molecular weight is 413 g/mol. The molecule has 1 amide bonds. The van der Waals surface area contributed by atoms with Gasteiger partial charge in [0.05, 0.1) is 16.4 Å². The van der Waals surface area contributed by atoms with E-state index in [1.165, 1.54) is 23.1 Å². The molecule has 1 saturated heterocycles. The second kappa shape index (κ2) is 6.97. The highest BCUT2D eigenvalue weighted by Gasteiger charge is 2.32. The van der Waals surface area contributed by atoms with Crippen LogP contribution in [0.15, 0.2) is 27.6 Å². The predicted molar refractivity (Wildman–Crippen MR) is 86.1 cm³/mol. The van der Waals surface area contributed by atoms with Gasteiger partial charge in [-0.15, -0.1) is 12.4 Å². The number of carboxylic acid groups (broad SMARTS) is 1. The summed E-state index contributed by atoms with van der Waals surface area (Å²) < 4.78 is 23.6. The first-order valence-corrected chi connectivity index (χ1v) is 8.90. The van der Waals surface area contributed by atoms with Gasteiger partial charge in [-0.3, -0.25) is 9.59 Å². The van der Waals surface area contributed by atoms with Crippen LogP contribution in [-0.2, 0) is 14.6 Å². The molecule has 0 aromatic heterocycles. The summed E-state index contributed by atoms with van der Waals surface area (Å²) in [5.74, 6) is -1.85. The highest BCUT2D eigenvalue weighted by Crippen LogP contribution is 2.25. The lowest BCUT2D eigenvalue weighted by Gasteiger charge is -2.17. The van der Waals surface area contributed by atoms with E-state index >= 15 is 0 Å². The van der Waals surface area contributed by atoms with Crippen LogP contribution in [0, 0.1) is 5.92 Å². The minimum Gasteiger partial charge on any atom is -0.481 e. The van der Waals surface area contributed by atoms with Crippen LogP contribution in [0.3, 0.4) is 0 Å². The van der Waals surface area contributed by atoms with Crippen LogP contribution in [0.25, 0.3) is 0 Å². The number of rotatable bonds is 3. The van der Waals surface area contributed by atoms with Gasteiger partial charge in [0.2, 0.25) is 0 Å². The van der Waals surface area contributed by atoms with E-state index in [1.54, 1.807) is 0 Å². The molecule has 2 rings (SSSR count). The first-order valence-electron chi connectivity index (χ1n) is 6.22. The van der Waals surface area contributed by atoms with Gasteiger partial charge < -0.3 is 10.0 Å². The monoisotopic (exact) mass is 411 g/mol. The van der Waals surface area contributed by atoms with Gasteiger partial charge in [0.25, 0.3) is 5.91 Å². The molecule has 1 aromatic rings. The van der Waals surface area contributed by atoms with Gasteiger partial charge in [0, 0.05) is 23.8 Å². The number of halogens is 2. The smallest absolute Gasteiger partial charge is 0.308 e. The number of likely N-dealkylation sites (tertiary alicyclic amines) is 1. The summed E-state index contributed by atoms with van der Waals surface area (Å²) in [7, 11) is -3.41. The maximum absolute atomic E-state index is 12.4. The third kappa shape index (κ3) is 3.99. The van der Waals surface area contributed by atoms with Crippen molar-refractivity contribution in [3.8, 4) is 0 Å². The van der Waals surface area contributed by atoms with Crippen LogP contribution in [0.4, 0.5) is 0 Å². The van der Waals surface area contributed by atoms with Gasteiger partial charge in [-0.25, -0.2) is 8.42 Å². The molecule has 1 heterocycles. The lowest BCUT2D eigenvalue weighted by Crippen LogP contribution is -2.30. The second-order valence-electron chi connectivity index (χ2n) is 4.99. The normalized spacial score (nSPS) is 17.9. The van der Waals surface area contributed by atoms with Crippen molar-refractivity contribution in [3.63, 3.8) is 0 Å². The number of sulfone groups is 1. The zero-order valence-corrected chi connectivity index (χ0v) is 14.9. The van der Waals surface area contributed by atoms with E-state index in [9.17, 15) is 18.0 Å². The average Bonchev–Trinajstić information content (AvgIpc) is 2.86. The van der Waals surface area contributed by atoms with Gasteiger partial charge in [-0.1, -0.05) is 0 Å². The number of benzene rings is 1. The fourth-order valence-electron chi connectivity index (χ4n) is 2.22. The molecule has 0 aliphatic carbocycles. The summed E-state index contributed by atoms with van der Waals surface area (Å²) in [6, 6.07) is 4.24. The Bertz CT molecular complexity index is 706. The molecule has 1 aliphatic heterocycles. The Kier molecular flexibility index (Phi) is 6.00. The number of carbonyl (C=O) groups is 2. The van der Waals surface area contributed by atoms with Crippen molar-refractivity contribution >= 4 is 50.1 Å². The Balaban J connectivity index is 0.00000242. The second-order valence-corrected chi connectivity index (χ2v) is 7.86. The largest absolute Gasteiger partial charge is 0.481 e. The van der Waals surface area contributed by atoms with Crippen molar-refractivity contribution < 1.29 is 23.1 Å². The molecule has 1 N–H and O–H groups in total. The van der Waals surface area contributed by atoms with Crippen LogP contribution in [-0.4, -0.2) is 49.6 Å². The molecule has 1 atom stereocenters. The minimum atomic E-state index is -3.41. The summed E-state index contributed by atoms with van der Waals surface area (Å²) in [6.07, 6.45) is 1.48. The van der Waals surface area contributed by atoms with E-state index in [1.807, 2.05) is 0 Å². The zero-order valence-electron chi connectivity index (χ0n) is 11.7. The molecule has 1 unspecified atom stereocenters. The van der Waals surface area contributed by atoms with Gasteiger partial charge in [0.15, 0.2) is 9.84 Å². The Hall–Kier alpha value is -1.12. The van der Waals surface area contributed by atoms with Crippen LogP contribution in [0.2, 0.25) is 0 Å². The quantitative estimate of drug-likeness (QED) is 0.817. The fraction of sp³-hybridized carbons (Fsp3) is 0.385. The maximum Gasteiger partial charge on any atom is 0.308 e. The van der Waals surface area contributed by atoms with Gasteiger partial charge in [-0.05, 0) is 40.5 Å². The summed E-state index contributed by atoms with van der Waals surface area (Å²) in [5, 5.41) is 8.96. The van der Waals surface area contributed by atoms with Crippen molar-refractivity contribution in [2.45, 2.75) is 11.3 Å². The number of nitrogens with zero attached hydrogens (tertiary/aromatic N) is 1. The summed E-state index contributed by atoms with van der Waals surface area (Å²) in [5.41, 5.74) is 0.226. The molecule has 122 valence electrons. The number of hydrogen-bond acceptors (Lipinski definition) is 4. The van der Waals surface area contributed by atoms with Crippen LogP contribution < -0.4 is 0 Å². The van der Waals surface area contributed by atoms with E-state index in [4.69, 9.17) is 5.11 Å². The Morgan fingerprint density at radius 2 is 2.00 bits per heavy atom. The Morgan fingerprint density at radius 3 is 2.50 bits per heavy atom. The van der Waals surface area contributed by atoms with E-state index in [0.717, 1.165) is 6.26 Å². The molecule has 22 heavy (non-hydrogen) atoms. The van der Waals surface area contributed by atoms with Crippen molar-refractivity contribution in [1.82, 2.24) is 4.90 Å². The number of carboxylic acids is 1. The van der Waals surface area contributed by atoms with E-state index < -0.39 is 21.7 Å². The highest BCUT2D eigenvalue weighted by molar-refractivity contribution is 9.10. The lowest BCUT2D eigenvalue weighted by atomic mass is 10.1. The van der Waals surface area contributed by atoms with Crippen molar-refractivity contribution in [3.05, 3.63) is 28.2 Å². The molecule has 1 fully saturated rings. The molecular formula is C13H15BrClNO5S. The van der Waals surface area contributed by atoms with Crippen LogP contribution in [0.5, 0.6) is 0 Å². The van der Waals surface area contributed by atoms with Gasteiger partial charge >= 0.3 is 5.97 Å². The third-order valence-electron chi connectivity index (χ3n) is 3.42. The topological polar surface area (TPSA) is 91.8 Å². The Morgan fingerprint density at radius 1 is 1.36 bits per heavy atom.